The number of nitrogens with zero attached hydrogens (tertiary/aromatic N) is 1. The van der Waals surface area contributed by atoms with Crippen molar-refractivity contribution < 1.29 is 17.6 Å². The first-order valence-corrected chi connectivity index (χ1v) is 7.33. The molecule has 2 aromatic heterocycles. The van der Waals surface area contributed by atoms with Gasteiger partial charge in [-0.3, -0.25) is 4.79 Å². The van der Waals surface area contributed by atoms with Gasteiger partial charge >= 0.3 is 0 Å². The van der Waals surface area contributed by atoms with Crippen molar-refractivity contribution in [1.82, 2.24) is 9.71 Å². The summed E-state index contributed by atoms with van der Waals surface area (Å²) in [6.07, 6.45) is 0.448. The van der Waals surface area contributed by atoms with E-state index in [0.29, 0.717) is 11.3 Å². The van der Waals surface area contributed by atoms with Crippen molar-refractivity contribution in [2.75, 3.05) is 0 Å². The standard InChI is InChI=1S/C10H10N2O4S2/c1-7-6-17-9(12-7)4-11-18(14,15)10-3-2-8(5-13)16-10/h2-3,5-6,11H,4H2,1H3. The van der Waals surface area contributed by atoms with Crippen LogP contribution in [0.1, 0.15) is 21.3 Å². The molecule has 0 fully saturated rings. The molecule has 0 aromatic carbocycles. The first-order valence-electron chi connectivity index (χ1n) is 4.97. The molecule has 0 aliphatic rings. The number of aldehydes is 1. The lowest BCUT2D eigenvalue weighted by atomic mass is 10.5. The Morgan fingerprint density at radius 3 is 2.83 bits per heavy atom. The van der Waals surface area contributed by atoms with Gasteiger partial charge in [0.25, 0.3) is 10.0 Å². The van der Waals surface area contributed by atoms with E-state index in [-0.39, 0.29) is 17.4 Å². The smallest absolute Gasteiger partial charge is 0.274 e. The number of carbonyl (C=O) groups is 1. The summed E-state index contributed by atoms with van der Waals surface area (Å²) in [6, 6.07) is 2.54. The second-order valence-electron chi connectivity index (χ2n) is 3.48. The van der Waals surface area contributed by atoms with E-state index in [1.807, 2.05) is 12.3 Å². The number of aryl methyl sites for hydroxylation is 1. The van der Waals surface area contributed by atoms with Gasteiger partial charge in [0, 0.05) is 11.1 Å². The Hall–Kier alpha value is -1.51. The number of carbonyl (C=O) groups excluding carboxylic acids is 1. The van der Waals surface area contributed by atoms with E-state index in [1.54, 1.807) is 0 Å². The minimum absolute atomic E-state index is 0.0273. The van der Waals surface area contributed by atoms with Crippen LogP contribution in [0.15, 0.2) is 27.0 Å². The largest absolute Gasteiger partial charge is 0.440 e. The second kappa shape index (κ2) is 5.01. The van der Waals surface area contributed by atoms with Crippen molar-refractivity contribution in [3.63, 3.8) is 0 Å². The summed E-state index contributed by atoms with van der Waals surface area (Å²) in [6.45, 7) is 1.93. The van der Waals surface area contributed by atoms with Gasteiger partial charge in [0.2, 0.25) is 5.09 Å². The van der Waals surface area contributed by atoms with Crippen molar-refractivity contribution in [3.8, 4) is 0 Å². The average molecular weight is 286 g/mol. The first kappa shape index (κ1) is 12.9. The third-order valence-electron chi connectivity index (χ3n) is 2.06. The fourth-order valence-electron chi connectivity index (χ4n) is 1.25. The van der Waals surface area contributed by atoms with Crippen LogP contribution < -0.4 is 4.72 Å². The molecule has 18 heavy (non-hydrogen) atoms. The highest BCUT2D eigenvalue weighted by atomic mass is 32.2. The molecule has 0 saturated heterocycles. The van der Waals surface area contributed by atoms with Gasteiger partial charge in [0.05, 0.1) is 6.54 Å². The van der Waals surface area contributed by atoms with Crippen LogP contribution in [0.2, 0.25) is 0 Å². The van der Waals surface area contributed by atoms with Crippen LogP contribution in [-0.4, -0.2) is 19.7 Å². The van der Waals surface area contributed by atoms with Crippen molar-refractivity contribution in [2.45, 2.75) is 18.6 Å². The molecular weight excluding hydrogens is 276 g/mol. The molecule has 2 heterocycles. The van der Waals surface area contributed by atoms with Crippen molar-refractivity contribution in [1.29, 1.82) is 0 Å². The average Bonchev–Trinajstić information content (AvgIpc) is 2.95. The number of thiazole rings is 1. The van der Waals surface area contributed by atoms with Crippen LogP contribution in [0.4, 0.5) is 0 Å². The molecule has 0 atom stereocenters. The van der Waals surface area contributed by atoms with Crippen molar-refractivity contribution in [2.24, 2.45) is 0 Å². The van der Waals surface area contributed by atoms with E-state index < -0.39 is 10.0 Å². The Morgan fingerprint density at radius 1 is 1.50 bits per heavy atom. The predicted molar refractivity (Wildman–Crippen MR) is 65.0 cm³/mol. The number of rotatable bonds is 5. The highest BCUT2D eigenvalue weighted by Crippen LogP contribution is 2.14. The van der Waals surface area contributed by atoms with E-state index in [2.05, 4.69) is 9.71 Å². The molecular formula is C10H10N2O4S2. The number of furan rings is 1. The maximum Gasteiger partial charge on any atom is 0.274 e. The van der Waals surface area contributed by atoms with Gasteiger partial charge in [-0.2, -0.15) is 0 Å². The summed E-state index contributed by atoms with van der Waals surface area (Å²) >= 11 is 1.37. The molecule has 1 N–H and O–H groups in total. The Labute approximate surface area is 108 Å². The summed E-state index contributed by atoms with van der Waals surface area (Å²) < 4.78 is 30.8. The fourth-order valence-corrected chi connectivity index (χ4v) is 2.98. The number of aromatic nitrogens is 1. The molecule has 0 saturated carbocycles. The van der Waals surface area contributed by atoms with Gasteiger partial charge in [0.15, 0.2) is 12.0 Å². The van der Waals surface area contributed by atoms with Gasteiger partial charge in [-0.15, -0.1) is 11.3 Å². The number of hydrogen-bond donors (Lipinski definition) is 1. The maximum absolute atomic E-state index is 11.8. The third-order valence-corrected chi connectivity index (χ3v) is 4.30. The fraction of sp³-hybridized carbons (Fsp3) is 0.200. The van der Waals surface area contributed by atoms with Crippen molar-refractivity contribution >= 4 is 27.6 Å². The third kappa shape index (κ3) is 2.84. The molecule has 0 aliphatic carbocycles. The zero-order valence-electron chi connectivity index (χ0n) is 9.41. The summed E-state index contributed by atoms with van der Waals surface area (Å²) in [4.78, 5) is 14.5. The molecule has 0 spiro atoms. The van der Waals surface area contributed by atoms with E-state index in [9.17, 15) is 13.2 Å². The van der Waals surface area contributed by atoms with Gasteiger partial charge in [0.1, 0.15) is 5.01 Å². The molecule has 96 valence electrons. The molecule has 0 bridgehead atoms. The van der Waals surface area contributed by atoms with Gasteiger partial charge in [-0.05, 0) is 19.1 Å². The monoisotopic (exact) mass is 286 g/mol. The minimum Gasteiger partial charge on any atom is -0.440 e. The topological polar surface area (TPSA) is 89.3 Å². The number of hydrogen-bond acceptors (Lipinski definition) is 6. The Balaban J connectivity index is 2.09. The molecule has 8 heteroatoms. The first-order chi connectivity index (χ1) is 8.51. The quantitative estimate of drug-likeness (QED) is 0.838. The predicted octanol–water partition coefficient (Wildman–Crippen LogP) is 1.34. The molecule has 6 nitrogen and oxygen atoms in total. The lowest BCUT2D eigenvalue weighted by Crippen LogP contribution is -2.22. The SMILES string of the molecule is Cc1csc(CNS(=O)(=O)c2ccc(C=O)o2)n1. The molecule has 0 radical (unpaired) electrons. The highest BCUT2D eigenvalue weighted by Gasteiger charge is 2.18. The highest BCUT2D eigenvalue weighted by molar-refractivity contribution is 7.89. The normalized spacial score (nSPS) is 11.6. The van der Waals surface area contributed by atoms with Crippen LogP contribution in [0, 0.1) is 6.92 Å². The molecule has 0 aliphatic heterocycles. The van der Waals surface area contributed by atoms with Crippen LogP contribution in [-0.2, 0) is 16.6 Å². The van der Waals surface area contributed by atoms with Crippen molar-refractivity contribution in [3.05, 3.63) is 34.0 Å². The Kier molecular flexibility index (Phi) is 3.60. The lowest BCUT2D eigenvalue weighted by molar-refractivity contribution is 0.109. The van der Waals surface area contributed by atoms with E-state index in [4.69, 9.17) is 4.42 Å². The summed E-state index contributed by atoms with van der Waals surface area (Å²) in [7, 11) is -3.75. The Bertz CT molecular complexity index is 657. The van der Waals surface area contributed by atoms with Gasteiger partial charge < -0.3 is 4.42 Å². The van der Waals surface area contributed by atoms with E-state index in [0.717, 1.165) is 5.69 Å². The zero-order valence-corrected chi connectivity index (χ0v) is 11.0. The molecule has 0 amide bonds. The lowest BCUT2D eigenvalue weighted by Gasteiger charge is -2.01. The molecule has 2 rings (SSSR count). The maximum atomic E-state index is 11.8. The summed E-state index contributed by atoms with van der Waals surface area (Å²) in [5.41, 5.74) is 0.843. The number of nitrogens with one attached hydrogen (secondary N) is 1. The van der Waals surface area contributed by atoms with Crippen LogP contribution in [0.25, 0.3) is 0 Å². The summed E-state index contributed by atoms with van der Waals surface area (Å²) in [5, 5.41) is 2.22. The minimum atomic E-state index is -3.75. The van der Waals surface area contributed by atoms with Crippen LogP contribution >= 0.6 is 11.3 Å². The summed E-state index contributed by atoms with van der Waals surface area (Å²) in [5.74, 6) is -0.0273. The number of sulfonamides is 1. The zero-order chi connectivity index (χ0) is 13.2. The molecule has 0 unspecified atom stereocenters. The second-order valence-corrected chi connectivity index (χ2v) is 6.12. The molecule has 2 aromatic rings. The van der Waals surface area contributed by atoms with E-state index >= 15 is 0 Å². The Morgan fingerprint density at radius 2 is 2.28 bits per heavy atom. The van der Waals surface area contributed by atoms with Gasteiger partial charge in [-0.1, -0.05) is 0 Å². The van der Waals surface area contributed by atoms with Crippen LogP contribution in [0.5, 0.6) is 0 Å². The van der Waals surface area contributed by atoms with E-state index in [1.165, 1.54) is 23.5 Å². The van der Waals surface area contributed by atoms with Crippen LogP contribution in [0.3, 0.4) is 0 Å². The van der Waals surface area contributed by atoms with Gasteiger partial charge in [-0.25, -0.2) is 18.1 Å².